The Labute approximate surface area is 118 Å². The van der Waals surface area contributed by atoms with Crippen molar-refractivity contribution in [2.45, 2.75) is 13.0 Å². The normalized spacial score (nSPS) is 12.4. The van der Waals surface area contributed by atoms with Crippen LogP contribution in [0, 0.1) is 5.82 Å². The van der Waals surface area contributed by atoms with Gasteiger partial charge in [-0.25, -0.2) is 14.2 Å². The van der Waals surface area contributed by atoms with E-state index in [1.165, 1.54) is 23.5 Å². The van der Waals surface area contributed by atoms with E-state index >= 15 is 0 Å². The second-order valence-electron chi connectivity index (χ2n) is 3.86. The first-order chi connectivity index (χ1) is 9.10. The van der Waals surface area contributed by atoms with Gasteiger partial charge in [-0.2, -0.15) is 0 Å². The Kier molecular flexibility index (Phi) is 4.55. The Morgan fingerprint density at radius 3 is 3.16 bits per heavy atom. The molecule has 1 unspecified atom stereocenters. The summed E-state index contributed by atoms with van der Waals surface area (Å²) in [7, 11) is 0. The van der Waals surface area contributed by atoms with Crippen molar-refractivity contribution in [2.75, 3.05) is 12.5 Å². The van der Waals surface area contributed by atoms with Crippen LogP contribution in [0.4, 0.5) is 9.18 Å². The molecule has 0 aliphatic heterocycles. The summed E-state index contributed by atoms with van der Waals surface area (Å²) < 4.78 is 18.6. The number of hydrogen-bond acceptors (Lipinski definition) is 4. The van der Waals surface area contributed by atoms with Gasteiger partial charge in [0.1, 0.15) is 17.4 Å². The molecule has 0 bridgehead atoms. The van der Waals surface area contributed by atoms with Crippen molar-refractivity contribution in [3.8, 4) is 0 Å². The highest BCUT2D eigenvalue weighted by molar-refractivity contribution is 7.18. The molecule has 0 radical (unpaired) electrons. The smallest absolute Gasteiger partial charge is 0.407 e. The highest BCUT2D eigenvalue weighted by Crippen LogP contribution is 2.26. The molecule has 0 fully saturated rings. The number of carbonyl (C=O) groups is 1. The van der Waals surface area contributed by atoms with E-state index in [-0.39, 0.29) is 24.3 Å². The maximum Gasteiger partial charge on any atom is 0.407 e. The molecule has 1 atom stereocenters. The van der Waals surface area contributed by atoms with Crippen molar-refractivity contribution in [1.82, 2.24) is 10.3 Å². The molecule has 102 valence electrons. The van der Waals surface area contributed by atoms with Crippen molar-refractivity contribution in [2.24, 2.45) is 0 Å². The summed E-state index contributed by atoms with van der Waals surface area (Å²) in [5.41, 5.74) is 0.712. The number of ether oxygens (including phenoxy) is 1. The minimum atomic E-state index is -0.543. The van der Waals surface area contributed by atoms with Crippen LogP contribution in [0.3, 0.4) is 0 Å². The van der Waals surface area contributed by atoms with Crippen molar-refractivity contribution in [1.29, 1.82) is 0 Å². The number of alkyl halides is 1. The van der Waals surface area contributed by atoms with Crippen molar-refractivity contribution < 1.29 is 13.9 Å². The van der Waals surface area contributed by atoms with Gasteiger partial charge in [0, 0.05) is 0 Å². The number of rotatable bonds is 4. The van der Waals surface area contributed by atoms with Crippen molar-refractivity contribution in [3.63, 3.8) is 0 Å². The fourth-order valence-electron chi connectivity index (χ4n) is 1.51. The Morgan fingerprint density at radius 2 is 2.42 bits per heavy atom. The van der Waals surface area contributed by atoms with Crippen LogP contribution >= 0.6 is 22.9 Å². The van der Waals surface area contributed by atoms with Gasteiger partial charge in [-0.1, -0.05) is 0 Å². The number of thiazole rings is 1. The number of nitrogens with one attached hydrogen (secondary N) is 1. The van der Waals surface area contributed by atoms with Gasteiger partial charge in [-0.3, -0.25) is 0 Å². The third-order valence-electron chi connectivity index (χ3n) is 2.38. The van der Waals surface area contributed by atoms with E-state index in [4.69, 9.17) is 16.3 Å². The molecule has 7 heteroatoms. The number of aromatic nitrogens is 1. The molecule has 0 spiro atoms. The van der Waals surface area contributed by atoms with Gasteiger partial charge < -0.3 is 10.1 Å². The lowest BCUT2D eigenvalue weighted by Gasteiger charge is -2.10. The van der Waals surface area contributed by atoms with Crippen LogP contribution in [0.25, 0.3) is 10.2 Å². The number of fused-ring (bicyclic) bond motifs is 1. The van der Waals surface area contributed by atoms with Crippen LogP contribution in [-0.2, 0) is 4.74 Å². The summed E-state index contributed by atoms with van der Waals surface area (Å²) in [5, 5.41) is 3.34. The van der Waals surface area contributed by atoms with E-state index in [1.54, 1.807) is 13.0 Å². The highest BCUT2D eigenvalue weighted by atomic mass is 35.5. The molecule has 1 N–H and O–H groups in total. The SMILES string of the molecule is CC(NC(=O)OCCCl)c1nc2ccc(F)cc2s1. The Morgan fingerprint density at radius 1 is 1.63 bits per heavy atom. The fraction of sp³-hybridized carbons (Fsp3) is 0.333. The summed E-state index contributed by atoms with van der Waals surface area (Å²) in [4.78, 5) is 15.7. The third kappa shape index (κ3) is 3.54. The zero-order chi connectivity index (χ0) is 13.8. The van der Waals surface area contributed by atoms with Gasteiger partial charge in [0.2, 0.25) is 0 Å². The summed E-state index contributed by atoms with van der Waals surface area (Å²) in [6.45, 7) is 1.95. The average Bonchev–Trinajstić information content (AvgIpc) is 2.79. The van der Waals surface area contributed by atoms with Crippen LogP contribution in [0.2, 0.25) is 0 Å². The minimum absolute atomic E-state index is 0.158. The maximum atomic E-state index is 13.1. The zero-order valence-electron chi connectivity index (χ0n) is 10.2. The highest BCUT2D eigenvalue weighted by Gasteiger charge is 2.15. The summed E-state index contributed by atoms with van der Waals surface area (Å²) in [6.07, 6.45) is -0.543. The number of halogens is 2. The zero-order valence-corrected chi connectivity index (χ0v) is 11.7. The molecular weight excluding hydrogens is 291 g/mol. The van der Waals surface area contributed by atoms with E-state index in [2.05, 4.69) is 10.3 Å². The molecule has 1 amide bonds. The van der Waals surface area contributed by atoms with Gasteiger partial charge >= 0.3 is 6.09 Å². The maximum absolute atomic E-state index is 13.1. The van der Waals surface area contributed by atoms with Gasteiger partial charge in [0.05, 0.1) is 22.1 Å². The van der Waals surface area contributed by atoms with Gasteiger partial charge in [0.15, 0.2) is 0 Å². The van der Waals surface area contributed by atoms with Gasteiger partial charge in [-0.05, 0) is 25.1 Å². The molecule has 0 aliphatic carbocycles. The monoisotopic (exact) mass is 302 g/mol. The van der Waals surface area contributed by atoms with E-state index in [0.29, 0.717) is 10.5 Å². The molecule has 1 aromatic carbocycles. The molecule has 1 aromatic heterocycles. The van der Waals surface area contributed by atoms with E-state index < -0.39 is 6.09 Å². The Balaban J connectivity index is 2.08. The first-order valence-corrected chi connectivity index (χ1v) is 7.00. The van der Waals surface area contributed by atoms with Crippen LogP contribution in [0.15, 0.2) is 18.2 Å². The number of alkyl carbamates (subject to hydrolysis) is 1. The Bertz CT molecular complexity index is 590. The topological polar surface area (TPSA) is 51.2 Å². The van der Waals surface area contributed by atoms with E-state index in [9.17, 15) is 9.18 Å². The molecule has 0 saturated carbocycles. The number of hydrogen-bond donors (Lipinski definition) is 1. The second kappa shape index (κ2) is 6.16. The molecule has 19 heavy (non-hydrogen) atoms. The second-order valence-corrected chi connectivity index (χ2v) is 5.30. The quantitative estimate of drug-likeness (QED) is 0.880. The molecule has 0 saturated heterocycles. The molecule has 1 heterocycles. The van der Waals surface area contributed by atoms with E-state index in [0.717, 1.165) is 4.70 Å². The van der Waals surface area contributed by atoms with Crippen LogP contribution < -0.4 is 5.32 Å². The summed E-state index contributed by atoms with van der Waals surface area (Å²) in [5.74, 6) is -0.0489. The largest absolute Gasteiger partial charge is 0.448 e. The number of amides is 1. The lowest BCUT2D eigenvalue weighted by Crippen LogP contribution is -2.27. The predicted molar refractivity (Wildman–Crippen MR) is 73.2 cm³/mol. The lowest BCUT2D eigenvalue weighted by molar-refractivity contribution is 0.149. The van der Waals surface area contributed by atoms with E-state index in [1.807, 2.05) is 0 Å². The van der Waals surface area contributed by atoms with Gasteiger partial charge in [0.25, 0.3) is 0 Å². The van der Waals surface area contributed by atoms with Crippen molar-refractivity contribution in [3.05, 3.63) is 29.0 Å². The standard InChI is InChI=1S/C12H12ClFN2O2S/c1-7(15-12(17)18-5-4-13)11-16-9-3-2-8(14)6-10(9)19-11/h2-3,6-7H,4-5H2,1H3,(H,15,17). The lowest BCUT2D eigenvalue weighted by atomic mass is 10.3. The average molecular weight is 303 g/mol. The Hall–Kier alpha value is -1.40. The summed E-state index contributed by atoms with van der Waals surface area (Å²) in [6, 6.07) is 4.10. The number of benzene rings is 1. The molecule has 0 aliphatic rings. The number of carbonyl (C=O) groups excluding carboxylic acids is 1. The van der Waals surface area contributed by atoms with Crippen LogP contribution in [0.1, 0.15) is 18.0 Å². The molecule has 2 aromatic rings. The van der Waals surface area contributed by atoms with Crippen molar-refractivity contribution >= 4 is 39.2 Å². The molecular formula is C12H12ClFN2O2S. The third-order valence-corrected chi connectivity index (χ3v) is 3.74. The predicted octanol–water partition coefficient (Wildman–Crippen LogP) is 3.46. The number of nitrogens with zero attached hydrogens (tertiary/aromatic N) is 1. The fourth-order valence-corrected chi connectivity index (χ4v) is 2.58. The van der Waals surface area contributed by atoms with Crippen LogP contribution in [0.5, 0.6) is 0 Å². The minimum Gasteiger partial charge on any atom is -0.448 e. The molecule has 4 nitrogen and oxygen atoms in total. The first-order valence-electron chi connectivity index (χ1n) is 5.65. The van der Waals surface area contributed by atoms with Crippen LogP contribution in [-0.4, -0.2) is 23.6 Å². The summed E-state index contributed by atoms with van der Waals surface area (Å²) >= 11 is 6.75. The first kappa shape index (κ1) is 14.0. The molecule has 2 rings (SSSR count). The van der Waals surface area contributed by atoms with Gasteiger partial charge in [-0.15, -0.1) is 22.9 Å².